The number of unbranched alkanes of at least 4 members (excludes halogenated alkanes) is 7. The second-order valence-electron chi connectivity index (χ2n) is 26.7. The summed E-state index contributed by atoms with van der Waals surface area (Å²) in [4.78, 5) is 113. The monoisotopic (exact) mass is 1640 g/mol. The van der Waals surface area contributed by atoms with Crippen molar-refractivity contribution in [2.45, 2.75) is 120 Å². The molecular formula is C89H104O27S. The lowest BCUT2D eigenvalue weighted by Crippen LogP contribution is -2.67. The molecule has 28 heteroatoms. The van der Waals surface area contributed by atoms with Crippen molar-refractivity contribution in [3.8, 4) is 0 Å². The van der Waals surface area contributed by atoms with Gasteiger partial charge in [-0.25, -0.2) is 33.6 Å². The summed E-state index contributed by atoms with van der Waals surface area (Å²) in [6, 6.07) is 54.7. The van der Waals surface area contributed by atoms with Crippen molar-refractivity contribution in [3.05, 3.63) is 251 Å². The molecule has 0 amide bonds. The van der Waals surface area contributed by atoms with Crippen LogP contribution in [-0.4, -0.2) is 240 Å². The van der Waals surface area contributed by atoms with Gasteiger partial charge in [-0.2, -0.15) is 0 Å². The Labute approximate surface area is 685 Å². The third-order valence-electron chi connectivity index (χ3n) is 18.1. The van der Waals surface area contributed by atoms with Crippen LogP contribution >= 0.6 is 11.8 Å². The highest BCUT2D eigenvalue weighted by molar-refractivity contribution is 8.13. The fraction of sp³-hybridized carbons (Fsp3) is 0.438. The fourth-order valence-corrected chi connectivity index (χ4v) is 12.8. The highest BCUT2D eigenvalue weighted by atomic mass is 32.2. The van der Waals surface area contributed by atoms with Crippen molar-refractivity contribution in [3.63, 3.8) is 0 Å². The molecule has 2 aliphatic heterocycles. The highest BCUT2D eigenvalue weighted by Crippen LogP contribution is 2.38. The van der Waals surface area contributed by atoms with Gasteiger partial charge in [0.15, 0.2) is 48.2 Å². The molecule has 0 N–H and O–H groups in total. The number of rotatable bonds is 54. The van der Waals surface area contributed by atoms with Gasteiger partial charge >= 0.3 is 41.8 Å². The molecule has 2 fully saturated rings. The molecular weight excluding hydrogens is 1530 g/mol. The van der Waals surface area contributed by atoms with Crippen molar-refractivity contribution in [1.82, 2.24) is 0 Å². The number of benzene rings is 7. The Morgan fingerprint density at radius 3 is 0.846 bits per heavy atom. The first kappa shape index (κ1) is 91.3. The van der Waals surface area contributed by atoms with E-state index in [1.807, 2.05) is 0 Å². The Bertz CT molecular complexity index is 3990. The first-order valence-corrected chi connectivity index (χ1v) is 40.5. The Kier molecular flexibility index (Phi) is 41.9. The molecule has 7 aromatic carbocycles. The van der Waals surface area contributed by atoms with E-state index >= 15 is 0 Å². The lowest BCUT2D eigenvalue weighted by Gasteiger charge is -2.48. The molecule has 2 saturated heterocycles. The standard InChI is InChI=1S/C89H104O27S/c1-65(90)117-62-30-7-5-3-2-4-6-29-45-98-46-47-99-48-49-100-50-51-101-52-53-102-54-55-103-56-57-104-58-59-105-60-61-106-88-79(114-86(96)71-41-25-13-26-42-71)78(113-85(95)70-39-23-12-24-40-70)76(74(109-88)64-108-82(92)67-33-17-9-18-34-67)116-89-80(115-87(97)72-43-27-14-28-44-72)77(112-84(94)69-37-21-11-22-38-69)75(111-83(93)68-35-19-10-20-36-68)73(110-89)63-107-81(91)66-31-15-8-16-32-66/h8-28,31-44,73-80,88-89H,2-7,29-30,45-64H2,1H3/t73-,74-,75+,76-,77+,78+,79-,80-,88-,89+/m1/s1. The molecule has 9 rings (SSSR count). The molecule has 2 heterocycles. The molecule has 0 aromatic heterocycles. The van der Waals surface area contributed by atoms with Gasteiger partial charge in [0.05, 0.1) is 145 Å². The number of thioether (sulfide) groups is 1. The molecule has 2 aliphatic rings. The Hall–Kier alpha value is -9.63. The van der Waals surface area contributed by atoms with E-state index in [4.69, 9.17) is 90.0 Å². The van der Waals surface area contributed by atoms with E-state index in [0.29, 0.717) is 66.1 Å². The molecule has 10 atom stereocenters. The van der Waals surface area contributed by atoms with Crippen LogP contribution in [0.15, 0.2) is 212 Å². The van der Waals surface area contributed by atoms with Crippen molar-refractivity contribution in [1.29, 1.82) is 0 Å². The quantitative estimate of drug-likeness (QED) is 0.0194. The minimum atomic E-state index is -2.10. The van der Waals surface area contributed by atoms with Gasteiger partial charge in [0.25, 0.3) is 0 Å². The van der Waals surface area contributed by atoms with Crippen LogP contribution in [0.1, 0.15) is 131 Å². The molecule has 0 saturated carbocycles. The van der Waals surface area contributed by atoms with Gasteiger partial charge in [-0.1, -0.05) is 178 Å². The van der Waals surface area contributed by atoms with Crippen molar-refractivity contribution < 1.29 is 128 Å². The maximum absolute atomic E-state index is 14.9. The predicted octanol–water partition coefficient (Wildman–Crippen LogP) is 12.2. The third kappa shape index (κ3) is 33.0. The van der Waals surface area contributed by atoms with Crippen molar-refractivity contribution in [2.75, 3.05) is 131 Å². The normalized spacial score (nSPS) is 19.0. The zero-order valence-corrected chi connectivity index (χ0v) is 66.5. The van der Waals surface area contributed by atoms with Gasteiger partial charge < -0.3 is 90.0 Å². The molecule has 7 aromatic rings. The SMILES string of the molecule is CC(=O)SCCCCCCCCCCOCCOCCOCCOCCOCCOCCOCCOCCO[C@@H]1O[C@H](COC(=O)c2ccccc2)[C@@H](O[C@@H]2O[C@H](COC(=O)c3ccccc3)[C@H](OC(=O)c3ccccc3)[C@H](OC(=O)c3ccccc3)[C@H]2OC(=O)c2ccccc2)[C@H](OC(=O)c2ccccc2)[C@H]1OC(=O)c1ccccc1. The number of hydrogen-bond acceptors (Lipinski definition) is 28. The number of carbonyl (C=O) groups is 8. The second-order valence-corrected chi connectivity index (χ2v) is 28.0. The van der Waals surface area contributed by atoms with Crippen LogP contribution in [0.25, 0.3) is 0 Å². The highest BCUT2D eigenvalue weighted by Gasteiger charge is 2.59. The maximum Gasteiger partial charge on any atom is 0.338 e. The van der Waals surface area contributed by atoms with Crippen LogP contribution in [0.2, 0.25) is 0 Å². The molecule has 0 unspecified atom stereocenters. The van der Waals surface area contributed by atoms with Gasteiger partial charge in [-0.3, -0.25) is 4.79 Å². The Balaban J connectivity index is 0.844. The van der Waals surface area contributed by atoms with E-state index in [2.05, 4.69) is 0 Å². The van der Waals surface area contributed by atoms with Crippen molar-refractivity contribution >= 4 is 58.7 Å². The minimum absolute atomic E-state index is 0.00146. The summed E-state index contributed by atoms with van der Waals surface area (Å²) in [6.07, 6.45) is -9.13. The third-order valence-corrected chi connectivity index (χ3v) is 19.0. The zero-order valence-electron chi connectivity index (χ0n) is 65.7. The largest absolute Gasteiger partial charge is 0.459 e. The fourth-order valence-electron chi connectivity index (χ4n) is 12.2. The lowest BCUT2D eigenvalue weighted by atomic mass is 9.95. The van der Waals surface area contributed by atoms with Gasteiger partial charge in [-0.15, -0.1) is 0 Å². The molecule has 0 spiro atoms. The smallest absolute Gasteiger partial charge is 0.338 e. The van der Waals surface area contributed by atoms with Crippen LogP contribution in [0.5, 0.6) is 0 Å². The van der Waals surface area contributed by atoms with Gasteiger partial charge in [-0.05, 0) is 97.8 Å². The van der Waals surface area contributed by atoms with Crippen LogP contribution in [0, 0.1) is 0 Å². The lowest BCUT2D eigenvalue weighted by molar-refractivity contribution is -0.356. The first-order chi connectivity index (χ1) is 57.4. The number of carbonyl (C=O) groups excluding carboxylic acids is 8. The predicted molar refractivity (Wildman–Crippen MR) is 426 cm³/mol. The molecule has 0 aliphatic carbocycles. The summed E-state index contributed by atoms with van der Waals surface area (Å²) in [5, 5.41) is 0.199. The van der Waals surface area contributed by atoms with Gasteiger partial charge in [0, 0.05) is 19.3 Å². The van der Waals surface area contributed by atoms with E-state index in [1.165, 1.54) is 135 Å². The summed E-state index contributed by atoms with van der Waals surface area (Å²) >= 11 is 1.42. The maximum atomic E-state index is 14.9. The topological polar surface area (TPSA) is 312 Å². The van der Waals surface area contributed by atoms with E-state index in [9.17, 15) is 38.4 Å². The summed E-state index contributed by atoms with van der Waals surface area (Å²) < 4.78 is 117. The summed E-state index contributed by atoms with van der Waals surface area (Å²) in [6.45, 7) is 5.56. The van der Waals surface area contributed by atoms with Crippen LogP contribution in [-0.2, 0) is 94.8 Å². The number of hydrogen-bond donors (Lipinski definition) is 0. The summed E-state index contributed by atoms with van der Waals surface area (Å²) in [5.74, 6) is -5.74. The zero-order chi connectivity index (χ0) is 82.1. The Morgan fingerprint density at radius 2 is 0.513 bits per heavy atom. The van der Waals surface area contributed by atoms with E-state index in [1.54, 1.807) is 134 Å². The van der Waals surface area contributed by atoms with E-state index < -0.39 is 116 Å². The molecule has 0 bridgehead atoms. The minimum Gasteiger partial charge on any atom is -0.459 e. The second kappa shape index (κ2) is 53.6. The van der Waals surface area contributed by atoms with Crippen LogP contribution in [0.3, 0.4) is 0 Å². The van der Waals surface area contributed by atoms with Crippen LogP contribution < -0.4 is 0 Å². The van der Waals surface area contributed by atoms with E-state index in [0.717, 1.165) is 25.2 Å². The van der Waals surface area contributed by atoms with E-state index in [-0.39, 0.29) is 83.7 Å². The average molecular weight is 1640 g/mol. The van der Waals surface area contributed by atoms with Crippen LogP contribution in [0.4, 0.5) is 0 Å². The molecule has 0 radical (unpaired) electrons. The summed E-state index contributed by atoms with van der Waals surface area (Å²) in [5.41, 5.74) is 0.304. The Morgan fingerprint density at radius 1 is 0.265 bits per heavy atom. The number of esters is 7. The number of ether oxygens (including phenoxy) is 19. The van der Waals surface area contributed by atoms with Gasteiger partial charge in [0.2, 0.25) is 0 Å². The molecule has 117 heavy (non-hydrogen) atoms. The molecule has 27 nitrogen and oxygen atoms in total. The van der Waals surface area contributed by atoms with Crippen molar-refractivity contribution in [2.24, 2.45) is 0 Å². The van der Waals surface area contributed by atoms with Gasteiger partial charge in [0.1, 0.15) is 31.5 Å². The molecule has 628 valence electrons. The summed E-state index contributed by atoms with van der Waals surface area (Å²) in [7, 11) is 0. The average Bonchev–Trinajstić information content (AvgIpc) is 0.766. The first-order valence-electron chi connectivity index (χ1n) is 39.5.